The largest absolute Gasteiger partial charge is 0.492 e. The fourth-order valence-corrected chi connectivity index (χ4v) is 2.92. The van der Waals surface area contributed by atoms with Gasteiger partial charge in [0.15, 0.2) is 0 Å². The van der Waals surface area contributed by atoms with Crippen molar-refractivity contribution in [1.82, 2.24) is 9.78 Å². The molecule has 1 aromatic heterocycles. The Morgan fingerprint density at radius 1 is 0.875 bits per heavy atom. The molecule has 3 nitrogen and oxygen atoms in total. The summed E-state index contributed by atoms with van der Waals surface area (Å²) in [4.78, 5) is 0. The van der Waals surface area contributed by atoms with Gasteiger partial charge in [0.05, 0.1) is 11.3 Å². The zero-order valence-electron chi connectivity index (χ0n) is 14.7. The minimum absolute atomic E-state index is 0.0927. The number of aromatic nitrogens is 2. The Morgan fingerprint density at radius 3 is 1.88 bits per heavy atom. The van der Waals surface area contributed by atoms with Crippen molar-refractivity contribution in [2.75, 3.05) is 0 Å². The van der Waals surface area contributed by atoms with E-state index in [2.05, 4.69) is 69.2 Å². The van der Waals surface area contributed by atoms with Crippen molar-refractivity contribution in [1.29, 1.82) is 0 Å². The monoisotopic (exact) mass is 320 g/mol. The first-order valence-electron chi connectivity index (χ1n) is 8.39. The fourth-order valence-electron chi connectivity index (χ4n) is 2.92. The van der Waals surface area contributed by atoms with Crippen LogP contribution in [-0.4, -0.2) is 14.9 Å². The lowest BCUT2D eigenvalue weighted by atomic mass is 9.99. The highest BCUT2D eigenvalue weighted by Gasteiger charge is 2.21. The van der Waals surface area contributed by atoms with Gasteiger partial charge < -0.3 is 5.11 Å². The van der Waals surface area contributed by atoms with Gasteiger partial charge in [0.2, 0.25) is 5.88 Å². The molecule has 0 amide bonds. The zero-order valence-corrected chi connectivity index (χ0v) is 14.7. The van der Waals surface area contributed by atoms with Crippen LogP contribution in [0.3, 0.4) is 0 Å². The number of benzene rings is 2. The Bertz CT molecular complexity index is 828. The quantitative estimate of drug-likeness (QED) is 0.718. The molecule has 0 spiro atoms. The van der Waals surface area contributed by atoms with Crippen LogP contribution in [0.4, 0.5) is 0 Å². The lowest BCUT2D eigenvalue weighted by Gasteiger charge is -2.12. The predicted octanol–water partition coefficient (Wildman–Crippen LogP) is 5.20. The van der Waals surface area contributed by atoms with E-state index in [0.29, 0.717) is 5.92 Å². The van der Waals surface area contributed by atoms with Gasteiger partial charge in [0.25, 0.3) is 0 Å². The third kappa shape index (κ3) is 3.21. The van der Waals surface area contributed by atoms with Crippen LogP contribution >= 0.6 is 0 Å². The van der Waals surface area contributed by atoms with Crippen molar-refractivity contribution in [2.45, 2.75) is 34.2 Å². The third-order valence-electron chi connectivity index (χ3n) is 4.14. The van der Waals surface area contributed by atoms with Gasteiger partial charge in [-0.25, -0.2) is 0 Å². The van der Waals surface area contributed by atoms with E-state index in [-0.39, 0.29) is 5.88 Å². The second-order valence-corrected chi connectivity index (χ2v) is 6.86. The van der Waals surface area contributed by atoms with Gasteiger partial charge in [-0.3, -0.25) is 4.68 Å². The molecule has 1 N–H and O–H groups in total. The van der Waals surface area contributed by atoms with Crippen molar-refractivity contribution in [3.63, 3.8) is 0 Å². The smallest absolute Gasteiger partial charge is 0.238 e. The number of aryl methyl sites for hydroxylation is 2. The van der Waals surface area contributed by atoms with Gasteiger partial charge in [-0.2, -0.15) is 0 Å². The summed E-state index contributed by atoms with van der Waals surface area (Å²) in [6, 6.07) is 16.6. The molecule has 0 saturated carbocycles. The Kier molecular flexibility index (Phi) is 4.43. The Morgan fingerprint density at radius 2 is 1.38 bits per heavy atom. The molecule has 0 unspecified atom stereocenters. The molecule has 3 heteroatoms. The molecule has 1 heterocycles. The molecule has 0 aliphatic carbocycles. The first-order valence-corrected chi connectivity index (χ1v) is 8.39. The summed E-state index contributed by atoms with van der Waals surface area (Å²) >= 11 is 0. The molecular formula is C21H24N2O. The second-order valence-electron chi connectivity index (χ2n) is 6.86. The predicted molar refractivity (Wildman–Crippen MR) is 99.1 cm³/mol. The maximum absolute atomic E-state index is 10.5. The first-order chi connectivity index (χ1) is 11.5. The maximum atomic E-state index is 10.5. The molecule has 3 rings (SSSR count). The van der Waals surface area contributed by atoms with Crippen LogP contribution in [0.15, 0.2) is 48.5 Å². The topological polar surface area (TPSA) is 38.1 Å². The van der Waals surface area contributed by atoms with Crippen molar-refractivity contribution in [3.05, 3.63) is 59.7 Å². The van der Waals surface area contributed by atoms with Gasteiger partial charge in [-0.1, -0.05) is 73.5 Å². The van der Waals surface area contributed by atoms with Crippen LogP contribution in [0.1, 0.15) is 25.0 Å². The number of aromatic hydroxyl groups is 1. The third-order valence-corrected chi connectivity index (χ3v) is 4.14. The molecular weight excluding hydrogens is 296 g/mol. The van der Waals surface area contributed by atoms with Crippen LogP contribution in [0.25, 0.3) is 22.4 Å². The van der Waals surface area contributed by atoms with Crippen molar-refractivity contribution >= 4 is 0 Å². The van der Waals surface area contributed by atoms with Crippen LogP contribution < -0.4 is 0 Å². The highest BCUT2D eigenvalue weighted by atomic mass is 16.3. The van der Waals surface area contributed by atoms with E-state index in [4.69, 9.17) is 0 Å². The van der Waals surface area contributed by atoms with E-state index in [1.807, 2.05) is 16.8 Å². The van der Waals surface area contributed by atoms with Crippen molar-refractivity contribution in [2.24, 2.45) is 5.92 Å². The average molecular weight is 320 g/mol. The van der Waals surface area contributed by atoms with E-state index >= 15 is 0 Å². The lowest BCUT2D eigenvalue weighted by molar-refractivity contribution is 0.422. The SMILES string of the molecule is Cc1ccc(-c2c(O)nn(CC(C)C)c2-c2ccc(C)cc2)cc1. The second kappa shape index (κ2) is 6.52. The lowest BCUT2D eigenvalue weighted by Crippen LogP contribution is -2.07. The molecule has 2 aromatic carbocycles. The molecule has 0 atom stereocenters. The standard InChI is InChI=1S/C21H24N2O/c1-14(2)13-23-20(18-11-7-16(4)8-12-18)19(21(24)22-23)17-9-5-15(3)6-10-17/h5-12,14H,13H2,1-4H3,(H,22,24). The maximum Gasteiger partial charge on any atom is 0.238 e. The summed E-state index contributed by atoms with van der Waals surface area (Å²) in [6.07, 6.45) is 0. The summed E-state index contributed by atoms with van der Waals surface area (Å²) in [6.45, 7) is 9.22. The highest BCUT2D eigenvalue weighted by Crippen LogP contribution is 2.39. The minimum atomic E-state index is 0.0927. The number of rotatable bonds is 4. The molecule has 3 aromatic rings. The van der Waals surface area contributed by atoms with Gasteiger partial charge in [0.1, 0.15) is 0 Å². The van der Waals surface area contributed by atoms with Gasteiger partial charge >= 0.3 is 0 Å². The molecule has 0 fully saturated rings. The van der Waals surface area contributed by atoms with E-state index in [9.17, 15) is 5.11 Å². The molecule has 0 bridgehead atoms. The zero-order chi connectivity index (χ0) is 17.3. The van der Waals surface area contributed by atoms with Crippen LogP contribution in [-0.2, 0) is 6.54 Å². The summed E-state index contributed by atoms with van der Waals surface area (Å²) in [5, 5.41) is 15.0. The average Bonchev–Trinajstić information content (AvgIpc) is 2.84. The Balaban J connectivity index is 2.22. The van der Waals surface area contributed by atoms with Crippen LogP contribution in [0, 0.1) is 19.8 Å². The van der Waals surface area contributed by atoms with Gasteiger partial charge in [-0.15, -0.1) is 5.10 Å². The Labute approximate surface area is 143 Å². The van der Waals surface area contributed by atoms with Crippen LogP contribution in [0.2, 0.25) is 0 Å². The molecule has 0 saturated heterocycles. The molecule has 0 radical (unpaired) electrons. The molecule has 124 valence electrons. The van der Waals surface area contributed by atoms with Crippen molar-refractivity contribution in [3.8, 4) is 28.3 Å². The van der Waals surface area contributed by atoms with Gasteiger partial charge in [0, 0.05) is 12.1 Å². The van der Waals surface area contributed by atoms with E-state index in [1.165, 1.54) is 11.1 Å². The number of hydrogen-bond acceptors (Lipinski definition) is 2. The fraction of sp³-hybridized carbons (Fsp3) is 0.286. The number of nitrogens with zero attached hydrogens (tertiary/aromatic N) is 2. The van der Waals surface area contributed by atoms with Gasteiger partial charge in [-0.05, 0) is 25.3 Å². The van der Waals surface area contributed by atoms with E-state index < -0.39 is 0 Å². The molecule has 24 heavy (non-hydrogen) atoms. The van der Waals surface area contributed by atoms with Crippen LogP contribution in [0.5, 0.6) is 5.88 Å². The van der Waals surface area contributed by atoms with E-state index in [1.54, 1.807) is 0 Å². The highest BCUT2D eigenvalue weighted by molar-refractivity contribution is 5.84. The Hall–Kier alpha value is -2.55. The summed E-state index contributed by atoms with van der Waals surface area (Å²) in [7, 11) is 0. The van der Waals surface area contributed by atoms with Crippen molar-refractivity contribution < 1.29 is 5.11 Å². The summed E-state index contributed by atoms with van der Waals surface area (Å²) < 4.78 is 1.93. The summed E-state index contributed by atoms with van der Waals surface area (Å²) in [5.41, 5.74) is 6.26. The molecule has 0 aliphatic heterocycles. The molecule has 0 aliphatic rings. The first kappa shape index (κ1) is 16.3. The van der Waals surface area contributed by atoms with E-state index in [0.717, 1.165) is 28.9 Å². The normalized spacial score (nSPS) is 11.2. The number of hydrogen-bond donors (Lipinski definition) is 1. The summed E-state index contributed by atoms with van der Waals surface area (Å²) in [5.74, 6) is 0.537. The minimum Gasteiger partial charge on any atom is -0.492 e.